The Morgan fingerprint density at radius 3 is 2.46 bits per heavy atom. The van der Waals surface area contributed by atoms with E-state index in [-0.39, 0.29) is 11.5 Å². The molecule has 0 unspecified atom stereocenters. The van der Waals surface area contributed by atoms with E-state index in [9.17, 15) is 8.42 Å². The lowest BCUT2D eigenvalue weighted by molar-refractivity contribution is -0.233. The molecule has 0 aromatic heterocycles. The summed E-state index contributed by atoms with van der Waals surface area (Å²) in [5.41, 5.74) is 0.957. The molecule has 24 heavy (non-hydrogen) atoms. The molecule has 1 aromatic rings. The SMILES string of the molecule is CO[C@H]1OC[C@H]2OC(C)(C)O[C@@H]2[C@H]1OS(=O)(=O)c1ccc(C)cc1. The summed E-state index contributed by atoms with van der Waals surface area (Å²) in [5, 5.41) is 0. The molecule has 3 rings (SSSR count). The Balaban J connectivity index is 1.86. The number of aryl methyl sites for hydroxylation is 1. The van der Waals surface area contributed by atoms with E-state index in [1.807, 2.05) is 6.92 Å². The molecule has 2 aliphatic heterocycles. The highest BCUT2D eigenvalue weighted by Gasteiger charge is 2.53. The summed E-state index contributed by atoms with van der Waals surface area (Å²) in [5.74, 6) is -0.837. The Hall–Kier alpha value is -1.03. The van der Waals surface area contributed by atoms with Gasteiger partial charge in [0.2, 0.25) is 0 Å². The number of methoxy groups -OCH3 is 1. The minimum Gasteiger partial charge on any atom is -0.353 e. The van der Waals surface area contributed by atoms with Gasteiger partial charge in [0.05, 0.1) is 11.5 Å². The van der Waals surface area contributed by atoms with Crippen molar-refractivity contribution in [2.75, 3.05) is 13.7 Å². The van der Waals surface area contributed by atoms with E-state index >= 15 is 0 Å². The first-order chi connectivity index (χ1) is 11.2. The smallest absolute Gasteiger partial charge is 0.297 e. The third-order valence-corrected chi connectivity index (χ3v) is 5.34. The van der Waals surface area contributed by atoms with Gasteiger partial charge in [-0.1, -0.05) is 17.7 Å². The van der Waals surface area contributed by atoms with Crippen molar-refractivity contribution < 1.29 is 31.5 Å². The van der Waals surface area contributed by atoms with Crippen LogP contribution in [0.4, 0.5) is 0 Å². The lowest BCUT2D eigenvalue weighted by Gasteiger charge is -2.35. The van der Waals surface area contributed by atoms with Gasteiger partial charge in [-0.3, -0.25) is 4.18 Å². The van der Waals surface area contributed by atoms with Crippen LogP contribution in [-0.2, 0) is 33.2 Å². The second-order valence-electron chi connectivity index (χ2n) is 6.40. The van der Waals surface area contributed by atoms with E-state index in [2.05, 4.69) is 0 Å². The highest BCUT2D eigenvalue weighted by Crippen LogP contribution is 2.37. The van der Waals surface area contributed by atoms with Gasteiger partial charge in [-0.25, -0.2) is 0 Å². The molecular formula is C16H22O7S. The molecule has 2 saturated heterocycles. The molecule has 0 radical (unpaired) electrons. The summed E-state index contributed by atoms with van der Waals surface area (Å²) in [4.78, 5) is 0.0725. The van der Waals surface area contributed by atoms with Crippen LogP contribution in [0.15, 0.2) is 29.2 Å². The lowest BCUT2D eigenvalue weighted by atomic mass is 10.1. The fourth-order valence-electron chi connectivity index (χ4n) is 2.92. The van der Waals surface area contributed by atoms with Crippen LogP contribution in [0.2, 0.25) is 0 Å². The lowest BCUT2D eigenvalue weighted by Crippen LogP contribution is -2.54. The van der Waals surface area contributed by atoms with E-state index in [4.69, 9.17) is 23.1 Å². The predicted octanol–water partition coefficient (Wildman–Crippen LogP) is 1.59. The number of fused-ring (bicyclic) bond motifs is 1. The maximum absolute atomic E-state index is 12.6. The molecule has 8 heteroatoms. The Labute approximate surface area is 141 Å². The molecule has 0 amide bonds. The van der Waals surface area contributed by atoms with Crippen LogP contribution in [0.25, 0.3) is 0 Å². The van der Waals surface area contributed by atoms with Crippen molar-refractivity contribution in [3.8, 4) is 0 Å². The van der Waals surface area contributed by atoms with Gasteiger partial charge >= 0.3 is 0 Å². The molecule has 4 atom stereocenters. The van der Waals surface area contributed by atoms with Gasteiger partial charge in [0.1, 0.15) is 12.2 Å². The zero-order valence-corrected chi connectivity index (χ0v) is 14.9. The van der Waals surface area contributed by atoms with Crippen LogP contribution in [0.3, 0.4) is 0 Å². The van der Waals surface area contributed by atoms with Crippen LogP contribution in [-0.4, -0.2) is 52.5 Å². The molecule has 0 bridgehead atoms. The van der Waals surface area contributed by atoms with E-state index in [1.165, 1.54) is 19.2 Å². The maximum Gasteiger partial charge on any atom is 0.297 e. The zero-order valence-electron chi connectivity index (χ0n) is 14.1. The van der Waals surface area contributed by atoms with Crippen molar-refractivity contribution in [2.45, 2.75) is 56.1 Å². The Morgan fingerprint density at radius 1 is 1.17 bits per heavy atom. The third-order valence-electron chi connectivity index (χ3n) is 4.02. The highest BCUT2D eigenvalue weighted by atomic mass is 32.2. The summed E-state index contributed by atoms with van der Waals surface area (Å²) in [6.45, 7) is 5.65. The first-order valence-corrected chi connectivity index (χ1v) is 9.13. The standard InChI is InChI=1S/C16H22O7S/c1-10-5-7-11(8-6-10)24(17,18)23-14-13-12(9-20-15(14)19-4)21-16(2,3)22-13/h5-8,12-15H,9H2,1-4H3/t12-,13+,14-,15+/m1/s1. The molecule has 134 valence electrons. The quantitative estimate of drug-likeness (QED) is 0.756. The van der Waals surface area contributed by atoms with Gasteiger partial charge in [-0.05, 0) is 32.9 Å². The van der Waals surface area contributed by atoms with Crippen molar-refractivity contribution >= 4 is 10.1 Å². The summed E-state index contributed by atoms with van der Waals surface area (Å²) in [6, 6.07) is 6.43. The molecule has 7 nitrogen and oxygen atoms in total. The minimum atomic E-state index is -3.99. The van der Waals surface area contributed by atoms with Crippen LogP contribution in [0, 0.1) is 6.92 Å². The van der Waals surface area contributed by atoms with Gasteiger partial charge < -0.3 is 18.9 Å². The van der Waals surface area contributed by atoms with E-state index in [1.54, 1.807) is 26.0 Å². The summed E-state index contributed by atoms with van der Waals surface area (Å²) in [6.07, 6.45) is -2.82. The molecule has 0 spiro atoms. The van der Waals surface area contributed by atoms with Crippen molar-refractivity contribution in [2.24, 2.45) is 0 Å². The summed E-state index contributed by atoms with van der Waals surface area (Å²) in [7, 11) is -2.56. The van der Waals surface area contributed by atoms with Gasteiger partial charge in [0.15, 0.2) is 18.2 Å². The molecular weight excluding hydrogens is 336 g/mol. The van der Waals surface area contributed by atoms with Gasteiger partial charge in [0.25, 0.3) is 10.1 Å². The molecule has 2 fully saturated rings. The first-order valence-electron chi connectivity index (χ1n) is 7.72. The van der Waals surface area contributed by atoms with E-state index in [0.29, 0.717) is 0 Å². The van der Waals surface area contributed by atoms with Crippen LogP contribution in [0.5, 0.6) is 0 Å². The van der Waals surface area contributed by atoms with E-state index < -0.39 is 40.5 Å². The van der Waals surface area contributed by atoms with Crippen LogP contribution in [0.1, 0.15) is 19.4 Å². The zero-order chi connectivity index (χ0) is 17.5. The topological polar surface area (TPSA) is 80.3 Å². The minimum absolute atomic E-state index is 0.0725. The van der Waals surface area contributed by atoms with Crippen molar-refractivity contribution in [1.29, 1.82) is 0 Å². The Morgan fingerprint density at radius 2 is 1.83 bits per heavy atom. The average Bonchev–Trinajstić information content (AvgIpc) is 2.82. The molecule has 2 aliphatic rings. The number of ether oxygens (including phenoxy) is 4. The van der Waals surface area contributed by atoms with Crippen LogP contribution >= 0.6 is 0 Å². The van der Waals surface area contributed by atoms with Gasteiger partial charge in [-0.2, -0.15) is 8.42 Å². The van der Waals surface area contributed by atoms with Crippen molar-refractivity contribution in [3.05, 3.63) is 29.8 Å². The number of hydrogen-bond acceptors (Lipinski definition) is 7. The van der Waals surface area contributed by atoms with Crippen LogP contribution < -0.4 is 0 Å². The monoisotopic (exact) mass is 358 g/mol. The molecule has 2 heterocycles. The average molecular weight is 358 g/mol. The fraction of sp³-hybridized carbons (Fsp3) is 0.625. The number of benzene rings is 1. The normalized spacial score (nSPS) is 32.5. The number of hydrogen-bond donors (Lipinski definition) is 0. The largest absolute Gasteiger partial charge is 0.353 e. The van der Waals surface area contributed by atoms with Crippen molar-refractivity contribution in [1.82, 2.24) is 0 Å². The van der Waals surface area contributed by atoms with Gasteiger partial charge in [-0.15, -0.1) is 0 Å². The molecule has 0 aliphatic carbocycles. The fourth-order valence-corrected chi connectivity index (χ4v) is 3.99. The number of rotatable bonds is 4. The first kappa shape index (κ1) is 17.8. The second kappa shape index (κ2) is 6.36. The molecule has 0 saturated carbocycles. The van der Waals surface area contributed by atoms with Crippen molar-refractivity contribution in [3.63, 3.8) is 0 Å². The summed E-state index contributed by atoms with van der Waals surface area (Å²) >= 11 is 0. The maximum atomic E-state index is 12.6. The second-order valence-corrected chi connectivity index (χ2v) is 7.98. The predicted molar refractivity (Wildman–Crippen MR) is 83.8 cm³/mol. The molecule has 0 N–H and O–H groups in total. The third kappa shape index (κ3) is 3.49. The Bertz CT molecular complexity index is 683. The Kier molecular flexibility index (Phi) is 4.71. The highest BCUT2D eigenvalue weighted by molar-refractivity contribution is 7.86. The molecule has 1 aromatic carbocycles. The summed E-state index contributed by atoms with van der Waals surface area (Å²) < 4.78 is 52.9. The van der Waals surface area contributed by atoms with Gasteiger partial charge in [0, 0.05) is 7.11 Å². The van der Waals surface area contributed by atoms with E-state index in [0.717, 1.165) is 5.56 Å².